The van der Waals surface area contributed by atoms with Crippen LogP contribution in [-0.4, -0.2) is 64.3 Å². The number of hydrogen-bond acceptors (Lipinski definition) is 4. The minimum Gasteiger partial charge on any atom is -0.412 e. The Hall–Kier alpha value is -2.04. The maximum Gasteiger partial charge on any atom is 0.286 e. The van der Waals surface area contributed by atoms with Crippen LogP contribution in [0.4, 0.5) is 0 Å². The number of halogens is 6. The highest BCUT2D eigenvalue weighted by molar-refractivity contribution is 6.35. The van der Waals surface area contributed by atoms with Crippen LogP contribution in [0.2, 0.25) is 20.1 Å². The Labute approximate surface area is 341 Å². The van der Waals surface area contributed by atoms with Crippen LogP contribution in [0.1, 0.15) is 80.4 Å². The molecule has 0 bridgehead atoms. The average Bonchev–Trinajstić information content (AvgIpc) is 3.38. The van der Waals surface area contributed by atoms with Gasteiger partial charge in [0.15, 0.2) is 5.69 Å². The predicted molar refractivity (Wildman–Crippen MR) is 224 cm³/mol. The molecule has 1 aromatic heterocycles. The predicted octanol–water partition coefficient (Wildman–Crippen LogP) is 10.7. The van der Waals surface area contributed by atoms with Crippen molar-refractivity contribution in [3.63, 3.8) is 0 Å². The van der Waals surface area contributed by atoms with Gasteiger partial charge >= 0.3 is 0 Å². The van der Waals surface area contributed by atoms with Crippen molar-refractivity contribution in [2.24, 2.45) is 5.92 Å². The first-order chi connectivity index (χ1) is 23.4. The number of carbonyl (C=O) groups is 1. The molecule has 13 heteroatoms. The highest BCUT2D eigenvalue weighted by atomic mass is 35.5. The SMILES string of the molecule is CC(C)CC(N(C)C)C1(c2ccc(Cl)cc2)CCC1.Cc1c(C(=O)NN2CCCCC2)nn(-c2ccc(Cl)cc2Cl)c1-c1ccc(Cl)cc1.Cl.Cl.O. The van der Waals surface area contributed by atoms with Gasteiger partial charge in [-0.05, 0) is 107 Å². The minimum absolute atomic E-state index is 0. The van der Waals surface area contributed by atoms with E-state index in [1.54, 1.807) is 22.9 Å². The summed E-state index contributed by atoms with van der Waals surface area (Å²) < 4.78 is 1.70. The number of nitrogens with one attached hydrogen (secondary N) is 1. The van der Waals surface area contributed by atoms with Gasteiger partial charge in [-0.2, -0.15) is 5.10 Å². The molecule has 0 radical (unpaired) electrons. The number of amides is 1. The van der Waals surface area contributed by atoms with Crippen LogP contribution < -0.4 is 5.43 Å². The molecule has 1 saturated heterocycles. The summed E-state index contributed by atoms with van der Waals surface area (Å²) in [6, 6.07) is 21.8. The maximum atomic E-state index is 13.1. The van der Waals surface area contributed by atoms with Gasteiger partial charge in [0.1, 0.15) is 0 Å². The van der Waals surface area contributed by atoms with E-state index in [0.717, 1.165) is 53.7 Å². The van der Waals surface area contributed by atoms with Crippen LogP contribution in [0.5, 0.6) is 0 Å². The monoisotopic (exact) mass is 831 g/mol. The lowest BCUT2D eigenvalue weighted by Gasteiger charge is -2.51. The molecule has 4 aromatic rings. The van der Waals surface area contributed by atoms with E-state index >= 15 is 0 Å². The topological polar surface area (TPSA) is 84.9 Å². The van der Waals surface area contributed by atoms with E-state index < -0.39 is 0 Å². The summed E-state index contributed by atoms with van der Waals surface area (Å²) in [6.45, 7) is 8.23. The number of nitrogens with zero attached hydrogens (tertiary/aromatic N) is 4. The Bertz CT molecular complexity index is 1720. The summed E-state index contributed by atoms with van der Waals surface area (Å²) in [5.41, 5.74) is 8.24. The molecule has 1 aliphatic heterocycles. The van der Waals surface area contributed by atoms with Crippen molar-refractivity contribution in [3.05, 3.63) is 104 Å². The normalized spacial score (nSPS) is 15.6. The van der Waals surface area contributed by atoms with E-state index in [2.05, 4.69) is 55.5 Å². The molecule has 1 amide bonds. The second-order valence-electron chi connectivity index (χ2n) is 14.0. The Morgan fingerprint density at radius 3 is 1.90 bits per heavy atom. The van der Waals surface area contributed by atoms with Crippen molar-refractivity contribution in [2.45, 2.75) is 77.2 Å². The van der Waals surface area contributed by atoms with E-state index in [9.17, 15) is 4.79 Å². The summed E-state index contributed by atoms with van der Waals surface area (Å²) >= 11 is 24.7. The molecular weight excluding hydrogens is 783 g/mol. The fourth-order valence-electron chi connectivity index (χ4n) is 7.22. The van der Waals surface area contributed by atoms with E-state index in [0.29, 0.717) is 37.9 Å². The lowest BCUT2D eigenvalue weighted by Crippen LogP contribution is -2.52. The molecule has 1 atom stereocenters. The number of benzene rings is 3. The second-order valence-corrected chi connectivity index (χ2v) is 15.7. The van der Waals surface area contributed by atoms with Gasteiger partial charge in [0.2, 0.25) is 0 Å². The van der Waals surface area contributed by atoms with Crippen molar-refractivity contribution in [1.82, 2.24) is 25.1 Å². The molecule has 7 nitrogen and oxygen atoms in total. The van der Waals surface area contributed by atoms with Crippen molar-refractivity contribution < 1.29 is 10.3 Å². The van der Waals surface area contributed by atoms with Gasteiger partial charge in [0.05, 0.1) is 16.4 Å². The molecule has 286 valence electrons. The smallest absolute Gasteiger partial charge is 0.286 e. The van der Waals surface area contributed by atoms with Gasteiger partial charge in [-0.25, -0.2) is 9.69 Å². The van der Waals surface area contributed by atoms with Crippen LogP contribution in [0.3, 0.4) is 0 Å². The van der Waals surface area contributed by atoms with Crippen LogP contribution in [0, 0.1) is 12.8 Å². The molecule has 52 heavy (non-hydrogen) atoms. The molecular formula is C39H51Cl6N5O2. The zero-order chi connectivity index (χ0) is 35.3. The summed E-state index contributed by atoms with van der Waals surface area (Å²) in [7, 11) is 4.45. The van der Waals surface area contributed by atoms with E-state index in [4.69, 9.17) is 46.4 Å². The van der Waals surface area contributed by atoms with Gasteiger partial charge in [0.25, 0.3) is 5.91 Å². The third kappa shape index (κ3) is 10.8. The van der Waals surface area contributed by atoms with Crippen LogP contribution >= 0.6 is 71.2 Å². The molecule has 3 N–H and O–H groups in total. The third-order valence-electron chi connectivity index (χ3n) is 9.83. The zero-order valence-corrected chi connectivity index (χ0v) is 35.1. The Kier molecular flexibility index (Phi) is 18.3. The average molecular weight is 835 g/mol. The summed E-state index contributed by atoms with van der Waals surface area (Å²) in [5, 5.41) is 9.06. The Morgan fingerprint density at radius 2 is 1.40 bits per heavy atom. The first-order valence-electron chi connectivity index (χ1n) is 17.2. The fourth-order valence-corrected chi connectivity index (χ4v) is 7.96. The van der Waals surface area contributed by atoms with Gasteiger partial charge in [0, 0.05) is 50.7 Å². The minimum atomic E-state index is -0.228. The lowest BCUT2D eigenvalue weighted by molar-refractivity contribution is 0.0743. The van der Waals surface area contributed by atoms with Crippen LogP contribution in [-0.2, 0) is 5.41 Å². The van der Waals surface area contributed by atoms with Crippen molar-refractivity contribution >= 4 is 77.1 Å². The Balaban J connectivity index is 0.000000372. The van der Waals surface area contributed by atoms with Crippen molar-refractivity contribution in [1.29, 1.82) is 0 Å². The molecule has 0 spiro atoms. The highest BCUT2D eigenvalue weighted by Gasteiger charge is 2.46. The van der Waals surface area contributed by atoms with Crippen molar-refractivity contribution in [2.75, 3.05) is 27.2 Å². The first kappa shape index (κ1) is 46.1. The third-order valence-corrected chi connectivity index (χ3v) is 10.9. The number of carbonyl (C=O) groups excluding carboxylic acids is 1. The summed E-state index contributed by atoms with van der Waals surface area (Å²) in [6.07, 6.45) is 8.57. The van der Waals surface area contributed by atoms with Crippen LogP contribution in [0.15, 0.2) is 66.7 Å². The standard InChI is InChI=1S/C22H21Cl3N4O.C17H26ClN.2ClH.H2O/c1-14-20(22(30)27-28-11-3-2-4-12-28)26-29(19-10-9-17(24)13-18(19)25)21(14)15-5-7-16(23)8-6-15;1-13(2)12-16(19(3)4)17(10-5-11-17)14-6-8-15(18)9-7-14;;;/h5-10,13H,2-4,11-12H2,1H3,(H,27,30);6-9,13,16H,5,10-12H2,1-4H3;2*1H;1H2. The number of piperidine rings is 1. The van der Waals surface area contributed by atoms with E-state index in [1.165, 1.54) is 37.7 Å². The number of likely N-dealkylation sites (N-methyl/N-ethyl adjacent to an activating group) is 1. The molecule has 2 aliphatic rings. The quantitative estimate of drug-likeness (QED) is 0.182. The molecule has 2 heterocycles. The van der Waals surface area contributed by atoms with Crippen molar-refractivity contribution in [3.8, 4) is 16.9 Å². The summed E-state index contributed by atoms with van der Waals surface area (Å²) in [5.74, 6) is 0.505. The molecule has 3 aromatic carbocycles. The van der Waals surface area contributed by atoms with Crippen LogP contribution in [0.25, 0.3) is 16.9 Å². The molecule has 1 aliphatic carbocycles. The first-order valence-corrected chi connectivity index (χ1v) is 18.7. The van der Waals surface area contributed by atoms with Gasteiger partial charge in [-0.1, -0.05) is 97.4 Å². The number of rotatable bonds is 9. The lowest BCUT2D eigenvalue weighted by atomic mass is 9.58. The molecule has 1 saturated carbocycles. The van der Waals surface area contributed by atoms with Gasteiger partial charge in [-0.15, -0.1) is 24.8 Å². The summed E-state index contributed by atoms with van der Waals surface area (Å²) in [4.78, 5) is 15.5. The second kappa shape index (κ2) is 20.6. The van der Waals surface area contributed by atoms with E-state index in [-0.39, 0.29) is 36.2 Å². The number of aromatic nitrogens is 2. The van der Waals surface area contributed by atoms with Gasteiger partial charge < -0.3 is 10.4 Å². The largest absolute Gasteiger partial charge is 0.412 e. The number of hydrazine groups is 1. The molecule has 6 rings (SSSR count). The highest BCUT2D eigenvalue weighted by Crippen LogP contribution is 2.49. The molecule has 2 fully saturated rings. The van der Waals surface area contributed by atoms with Gasteiger partial charge in [-0.3, -0.25) is 10.2 Å². The molecule has 1 unspecified atom stereocenters. The Morgan fingerprint density at radius 1 is 0.846 bits per heavy atom. The zero-order valence-electron chi connectivity index (χ0n) is 30.4. The fraction of sp³-hybridized carbons (Fsp3) is 0.436. The number of hydrogen-bond donors (Lipinski definition) is 1. The van der Waals surface area contributed by atoms with E-state index in [1.807, 2.05) is 48.3 Å². The maximum absolute atomic E-state index is 13.1.